The molecule has 0 bridgehead atoms. The van der Waals surface area contributed by atoms with Crippen molar-refractivity contribution >= 4 is 45.3 Å². The highest BCUT2D eigenvalue weighted by atomic mass is 79.9. The summed E-state index contributed by atoms with van der Waals surface area (Å²) in [6.07, 6.45) is 4.56. The zero-order valence-corrected chi connectivity index (χ0v) is 13.5. The first-order valence-electron chi connectivity index (χ1n) is 6.02. The summed E-state index contributed by atoms with van der Waals surface area (Å²) in [5.41, 5.74) is 0.797. The molecule has 1 amide bonds. The van der Waals surface area contributed by atoms with Crippen molar-refractivity contribution in [2.45, 2.75) is 0 Å². The summed E-state index contributed by atoms with van der Waals surface area (Å²) in [6, 6.07) is 8.85. The molecule has 0 aliphatic carbocycles. The summed E-state index contributed by atoms with van der Waals surface area (Å²) in [5, 5.41) is 3.16. The lowest BCUT2D eigenvalue weighted by Gasteiger charge is -2.05. The van der Waals surface area contributed by atoms with Crippen molar-refractivity contribution in [2.75, 3.05) is 12.4 Å². The summed E-state index contributed by atoms with van der Waals surface area (Å²) in [4.78, 5) is 15.8. The monoisotopic (exact) mass is 366 g/mol. The van der Waals surface area contributed by atoms with E-state index in [1.807, 2.05) is 18.2 Å². The molecule has 0 saturated heterocycles. The maximum atomic E-state index is 11.8. The molecule has 1 heterocycles. The number of anilines is 1. The van der Waals surface area contributed by atoms with E-state index < -0.39 is 0 Å². The Morgan fingerprint density at radius 2 is 2.19 bits per heavy atom. The smallest absolute Gasteiger partial charge is 0.249 e. The van der Waals surface area contributed by atoms with Crippen molar-refractivity contribution in [3.8, 4) is 5.75 Å². The van der Waals surface area contributed by atoms with Crippen LogP contribution in [0.3, 0.4) is 0 Å². The third-order valence-electron chi connectivity index (χ3n) is 2.58. The van der Waals surface area contributed by atoms with Gasteiger partial charge in [0.1, 0.15) is 11.6 Å². The van der Waals surface area contributed by atoms with E-state index in [0.717, 1.165) is 10.0 Å². The third-order valence-corrected chi connectivity index (χ3v) is 3.30. The number of ether oxygens (including phenoxy) is 1. The molecule has 0 atom stereocenters. The number of halogens is 2. The van der Waals surface area contributed by atoms with Gasteiger partial charge in [-0.1, -0.05) is 27.5 Å². The number of hydrogen-bond donors (Lipinski definition) is 1. The van der Waals surface area contributed by atoms with E-state index in [0.29, 0.717) is 16.6 Å². The molecule has 0 saturated carbocycles. The molecule has 0 unspecified atom stereocenters. The molecule has 4 nitrogen and oxygen atoms in total. The summed E-state index contributed by atoms with van der Waals surface area (Å²) >= 11 is 9.11. The topological polar surface area (TPSA) is 51.2 Å². The maximum Gasteiger partial charge on any atom is 0.249 e. The Kier molecular flexibility index (Phi) is 5.36. The SMILES string of the molecule is COc1ccc(Br)cc1/C=C/C(=O)Nc1ccc(Cl)cn1. The highest BCUT2D eigenvalue weighted by Gasteiger charge is 2.02. The van der Waals surface area contributed by atoms with E-state index >= 15 is 0 Å². The van der Waals surface area contributed by atoms with Crippen molar-refractivity contribution in [3.05, 3.63) is 57.7 Å². The van der Waals surface area contributed by atoms with Gasteiger partial charge in [-0.2, -0.15) is 0 Å². The molecule has 6 heteroatoms. The Morgan fingerprint density at radius 3 is 2.86 bits per heavy atom. The molecule has 0 aliphatic rings. The Balaban J connectivity index is 2.08. The molecular weight excluding hydrogens is 356 g/mol. The number of methoxy groups -OCH3 is 1. The highest BCUT2D eigenvalue weighted by Crippen LogP contribution is 2.24. The molecule has 2 aromatic rings. The van der Waals surface area contributed by atoms with Crippen molar-refractivity contribution in [1.82, 2.24) is 4.98 Å². The quantitative estimate of drug-likeness (QED) is 0.826. The first-order valence-corrected chi connectivity index (χ1v) is 7.20. The number of rotatable bonds is 4. The van der Waals surface area contributed by atoms with Crippen molar-refractivity contribution in [3.63, 3.8) is 0 Å². The van der Waals surface area contributed by atoms with Crippen LogP contribution in [0.4, 0.5) is 5.82 Å². The molecule has 0 spiro atoms. The van der Waals surface area contributed by atoms with Gasteiger partial charge in [0.15, 0.2) is 0 Å². The van der Waals surface area contributed by atoms with Gasteiger partial charge in [-0.25, -0.2) is 4.98 Å². The molecule has 1 aromatic heterocycles. The highest BCUT2D eigenvalue weighted by molar-refractivity contribution is 9.10. The van der Waals surface area contributed by atoms with Crippen LogP contribution in [0.1, 0.15) is 5.56 Å². The van der Waals surface area contributed by atoms with Crippen LogP contribution in [0, 0.1) is 0 Å². The predicted octanol–water partition coefficient (Wildman–Crippen LogP) is 4.16. The van der Waals surface area contributed by atoms with Gasteiger partial charge in [0.25, 0.3) is 0 Å². The zero-order valence-electron chi connectivity index (χ0n) is 11.1. The number of nitrogens with one attached hydrogen (secondary N) is 1. The average molecular weight is 368 g/mol. The van der Waals surface area contributed by atoms with E-state index in [1.54, 1.807) is 25.3 Å². The van der Waals surface area contributed by atoms with Gasteiger partial charge in [-0.3, -0.25) is 4.79 Å². The molecule has 21 heavy (non-hydrogen) atoms. The van der Waals surface area contributed by atoms with E-state index in [-0.39, 0.29) is 5.91 Å². The molecular formula is C15H12BrClN2O2. The van der Waals surface area contributed by atoms with Gasteiger partial charge in [0.05, 0.1) is 12.1 Å². The van der Waals surface area contributed by atoms with Crippen molar-refractivity contribution in [2.24, 2.45) is 0 Å². The second kappa shape index (κ2) is 7.24. The fraction of sp³-hybridized carbons (Fsp3) is 0.0667. The number of carbonyl (C=O) groups excluding carboxylic acids is 1. The average Bonchev–Trinajstić information content (AvgIpc) is 2.48. The number of benzene rings is 1. The van der Waals surface area contributed by atoms with Gasteiger partial charge >= 0.3 is 0 Å². The molecule has 0 radical (unpaired) electrons. The van der Waals surface area contributed by atoms with E-state index in [1.165, 1.54) is 12.3 Å². The normalized spacial score (nSPS) is 10.6. The number of amides is 1. The van der Waals surface area contributed by atoms with Crippen LogP contribution in [-0.2, 0) is 4.79 Å². The lowest BCUT2D eigenvalue weighted by Crippen LogP contribution is -2.08. The lowest BCUT2D eigenvalue weighted by molar-refractivity contribution is -0.111. The Labute approximate surface area is 135 Å². The van der Waals surface area contributed by atoms with Crippen LogP contribution < -0.4 is 10.1 Å². The Bertz CT molecular complexity index is 672. The summed E-state index contributed by atoms with van der Waals surface area (Å²) in [6.45, 7) is 0. The Hall–Kier alpha value is -1.85. The lowest BCUT2D eigenvalue weighted by atomic mass is 10.2. The van der Waals surface area contributed by atoms with Crippen LogP contribution in [0.25, 0.3) is 6.08 Å². The first kappa shape index (κ1) is 15.5. The minimum Gasteiger partial charge on any atom is -0.496 e. The zero-order chi connectivity index (χ0) is 15.2. The predicted molar refractivity (Wildman–Crippen MR) is 87.6 cm³/mol. The molecule has 0 fully saturated rings. The summed E-state index contributed by atoms with van der Waals surface area (Å²) < 4.78 is 6.14. The van der Waals surface area contributed by atoms with E-state index in [4.69, 9.17) is 16.3 Å². The fourth-order valence-corrected chi connectivity index (χ4v) is 2.11. The Morgan fingerprint density at radius 1 is 1.38 bits per heavy atom. The van der Waals surface area contributed by atoms with Gasteiger partial charge in [0, 0.05) is 22.3 Å². The molecule has 1 N–H and O–H groups in total. The van der Waals surface area contributed by atoms with Gasteiger partial charge in [-0.05, 0) is 36.4 Å². The van der Waals surface area contributed by atoms with Crippen LogP contribution in [0.5, 0.6) is 5.75 Å². The van der Waals surface area contributed by atoms with E-state index in [9.17, 15) is 4.79 Å². The minimum atomic E-state index is -0.285. The number of hydrogen-bond acceptors (Lipinski definition) is 3. The maximum absolute atomic E-state index is 11.8. The second-order valence-electron chi connectivity index (χ2n) is 4.07. The van der Waals surface area contributed by atoms with E-state index in [2.05, 4.69) is 26.2 Å². The van der Waals surface area contributed by atoms with Gasteiger partial charge < -0.3 is 10.1 Å². The molecule has 108 valence electrons. The minimum absolute atomic E-state index is 0.285. The number of carbonyl (C=O) groups is 1. The fourth-order valence-electron chi connectivity index (χ4n) is 1.62. The number of nitrogens with zero attached hydrogens (tertiary/aromatic N) is 1. The third kappa shape index (κ3) is 4.58. The van der Waals surface area contributed by atoms with Crippen molar-refractivity contribution < 1.29 is 9.53 Å². The van der Waals surface area contributed by atoms with Gasteiger partial charge in [0.2, 0.25) is 5.91 Å². The molecule has 2 rings (SSSR count). The van der Waals surface area contributed by atoms with Gasteiger partial charge in [-0.15, -0.1) is 0 Å². The first-order chi connectivity index (χ1) is 10.1. The van der Waals surface area contributed by atoms with Crippen LogP contribution >= 0.6 is 27.5 Å². The van der Waals surface area contributed by atoms with Crippen LogP contribution in [0.2, 0.25) is 5.02 Å². The largest absolute Gasteiger partial charge is 0.496 e. The van der Waals surface area contributed by atoms with Crippen LogP contribution in [-0.4, -0.2) is 18.0 Å². The van der Waals surface area contributed by atoms with Crippen molar-refractivity contribution in [1.29, 1.82) is 0 Å². The summed E-state index contributed by atoms with van der Waals surface area (Å²) in [5.74, 6) is 0.842. The second-order valence-corrected chi connectivity index (χ2v) is 5.42. The molecule has 0 aliphatic heterocycles. The molecule has 1 aromatic carbocycles. The standard InChI is InChI=1S/C15H12BrClN2O2/c1-21-13-5-3-11(16)8-10(13)2-7-15(20)19-14-6-4-12(17)9-18-14/h2-9H,1H3,(H,18,19,20)/b7-2+. The number of pyridine rings is 1. The van der Waals surface area contributed by atoms with Crippen LogP contribution in [0.15, 0.2) is 47.1 Å². The number of aromatic nitrogens is 1. The summed E-state index contributed by atoms with van der Waals surface area (Å²) in [7, 11) is 1.58.